The molecule has 1 unspecified atom stereocenters. The molecule has 2 aromatic carbocycles. The fourth-order valence-corrected chi connectivity index (χ4v) is 7.55. The second-order valence-corrected chi connectivity index (χ2v) is 15.3. The van der Waals surface area contributed by atoms with Crippen molar-refractivity contribution in [2.24, 2.45) is 10.7 Å². The molecule has 0 spiro atoms. The van der Waals surface area contributed by atoms with E-state index < -0.39 is 6.23 Å². The van der Waals surface area contributed by atoms with Crippen molar-refractivity contribution in [3.05, 3.63) is 59.7 Å². The minimum Gasteiger partial charge on any atom is -0.492 e. The molecule has 17 heteroatoms. The number of carbonyl (C=O) groups excluding carboxylic acids is 1. The van der Waals surface area contributed by atoms with Crippen LogP contribution in [-0.4, -0.2) is 138 Å². The number of amides is 1. The predicted octanol–water partition coefficient (Wildman–Crippen LogP) is 3.12. The molecule has 284 valence electrons. The van der Waals surface area contributed by atoms with Crippen LogP contribution in [0.1, 0.15) is 17.5 Å². The average molecular weight is 775 g/mol. The quantitative estimate of drug-likeness (QED) is 0.0736. The molecular weight excluding hydrogens is 725 g/mol. The lowest BCUT2D eigenvalue weighted by Gasteiger charge is -2.26. The molecule has 4 rings (SSSR count). The number of rotatable bonds is 18. The second-order valence-electron chi connectivity index (χ2n) is 12.0. The maximum atomic E-state index is 12.5. The van der Waals surface area contributed by atoms with Crippen LogP contribution in [0.3, 0.4) is 0 Å². The fourth-order valence-electron chi connectivity index (χ4n) is 5.21. The van der Waals surface area contributed by atoms with Crippen LogP contribution in [0.4, 0.5) is 0 Å². The van der Waals surface area contributed by atoms with Gasteiger partial charge < -0.3 is 35.1 Å². The molecule has 0 bridgehead atoms. The Hall–Kier alpha value is -3.16. The minimum absolute atomic E-state index is 0.0904. The van der Waals surface area contributed by atoms with E-state index in [1.54, 1.807) is 0 Å². The Labute approximate surface area is 318 Å². The summed E-state index contributed by atoms with van der Waals surface area (Å²) in [5.41, 5.74) is 7.64. The fraction of sp³-hybridized carbons (Fsp3) is 0.514. The van der Waals surface area contributed by atoms with Gasteiger partial charge in [-0.3, -0.25) is 30.8 Å². The van der Waals surface area contributed by atoms with E-state index in [0.29, 0.717) is 41.9 Å². The molecular formula is C35H50N8O6S3. The van der Waals surface area contributed by atoms with Gasteiger partial charge in [0.1, 0.15) is 24.7 Å². The number of benzene rings is 2. The lowest BCUT2D eigenvalue weighted by atomic mass is 10.1. The van der Waals surface area contributed by atoms with Crippen molar-refractivity contribution in [2.75, 3.05) is 90.4 Å². The minimum atomic E-state index is -1.05. The van der Waals surface area contributed by atoms with Gasteiger partial charge in [-0.1, -0.05) is 24.3 Å². The normalized spacial score (nSPS) is 16.2. The molecule has 1 amide bonds. The van der Waals surface area contributed by atoms with Crippen molar-refractivity contribution in [1.82, 2.24) is 15.1 Å². The predicted molar refractivity (Wildman–Crippen MR) is 212 cm³/mol. The van der Waals surface area contributed by atoms with E-state index in [1.807, 2.05) is 48.5 Å². The number of ether oxygens (including phenoxy) is 4. The van der Waals surface area contributed by atoms with Crippen LogP contribution in [-0.2, 0) is 27.1 Å². The first-order valence-electron chi connectivity index (χ1n) is 17.2. The van der Waals surface area contributed by atoms with E-state index in [9.17, 15) is 9.90 Å². The molecule has 2 heterocycles. The topological polar surface area (TPSA) is 203 Å². The highest BCUT2D eigenvalue weighted by Gasteiger charge is 2.14. The van der Waals surface area contributed by atoms with Crippen LogP contribution in [0.15, 0.2) is 53.5 Å². The Bertz CT molecular complexity index is 1490. The number of thioether (sulfide) groups is 3. The average Bonchev–Trinajstić information content (AvgIpc) is 3.11. The lowest BCUT2D eigenvalue weighted by Crippen LogP contribution is -2.38. The summed E-state index contributed by atoms with van der Waals surface area (Å²) in [6, 6.07) is 14.9. The molecule has 2 saturated heterocycles. The molecule has 0 aliphatic carbocycles. The third-order valence-electron chi connectivity index (χ3n) is 7.83. The van der Waals surface area contributed by atoms with Gasteiger partial charge in [-0.15, -0.1) is 0 Å². The molecule has 0 radical (unpaired) electrons. The Morgan fingerprint density at radius 3 is 2.08 bits per heavy atom. The van der Waals surface area contributed by atoms with Crippen molar-refractivity contribution in [3.8, 4) is 11.5 Å². The molecule has 0 saturated carbocycles. The number of hydrogen-bond acceptors (Lipinski definition) is 15. The highest BCUT2D eigenvalue weighted by Crippen LogP contribution is 2.18. The van der Waals surface area contributed by atoms with Gasteiger partial charge >= 0.3 is 0 Å². The molecule has 2 aromatic rings. The van der Waals surface area contributed by atoms with Crippen molar-refractivity contribution >= 4 is 61.6 Å². The third-order valence-corrected chi connectivity index (χ3v) is 10.5. The molecule has 52 heavy (non-hydrogen) atoms. The standard InChI is InChI=1S/C35H50N8O6S3/c36-30(51-34(38)40-32(44)23-26-3-1-5-28(21-26)48-18-12-42-8-14-46-15-9-42)7-20-50-25-31(37)52-35(39)41-33(45)24-27-4-2-6-29(22-27)49-19-13-43-10-16-47-17-11-43/h1-6,21-22,32,36-37,44H,7-20,23-25H2,(H2,38,40)(H2,39,41,45). The maximum absolute atomic E-state index is 12.5. The number of aliphatic hydroxyl groups excluding tert-OH is 1. The monoisotopic (exact) mass is 774 g/mol. The number of nitrogens with zero attached hydrogens (tertiary/aromatic N) is 3. The second kappa shape index (κ2) is 23.5. The van der Waals surface area contributed by atoms with Gasteiger partial charge in [-0.25, -0.2) is 4.99 Å². The summed E-state index contributed by atoms with van der Waals surface area (Å²) in [7, 11) is 0. The number of amidine groups is 2. The van der Waals surface area contributed by atoms with Gasteiger partial charge in [0.25, 0.3) is 0 Å². The van der Waals surface area contributed by atoms with E-state index in [-0.39, 0.29) is 34.1 Å². The molecule has 2 aliphatic heterocycles. The highest BCUT2D eigenvalue weighted by molar-refractivity contribution is 8.27. The molecule has 7 N–H and O–H groups in total. The molecule has 2 fully saturated rings. The zero-order valence-electron chi connectivity index (χ0n) is 29.3. The van der Waals surface area contributed by atoms with E-state index in [2.05, 4.69) is 20.1 Å². The SMILES string of the molecule is N=C(CSCCC(=N)S/C(N)=N\C(O)Cc1cccc(OCCN2CCOCC2)c1)SC(=N)NC(=O)Cc1cccc(OCCN2CCOCC2)c1. The van der Waals surface area contributed by atoms with E-state index in [4.69, 9.17) is 40.9 Å². The molecule has 1 atom stereocenters. The first kappa shape index (κ1) is 41.6. The Balaban J connectivity index is 1.05. The molecule has 14 nitrogen and oxygen atoms in total. The number of nitrogens with two attached hydrogens (primary N) is 1. The summed E-state index contributed by atoms with van der Waals surface area (Å²) in [5.74, 6) is 1.99. The zero-order valence-corrected chi connectivity index (χ0v) is 31.8. The van der Waals surface area contributed by atoms with Crippen LogP contribution >= 0.6 is 35.3 Å². The van der Waals surface area contributed by atoms with Crippen molar-refractivity contribution in [1.29, 1.82) is 16.2 Å². The number of carbonyl (C=O) groups is 1. The Kier molecular flexibility index (Phi) is 18.8. The number of aliphatic imine (C=N–C) groups is 1. The number of aliphatic hydroxyl groups is 1. The van der Waals surface area contributed by atoms with Gasteiger partial charge in [-0.05, 0) is 64.7 Å². The van der Waals surface area contributed by atoms with Crippen molar-refractivity contribution in [3.63, 3.8) is 0 Å². The Morgan fingerprint density at radius 2 is 1.46 bits per heavy atom. The van der Waals surface area contributed by atoms with Gasteiger partial charge in [-0.2, -0.15) is 11.8 Å². The maximum Gasteiger partial charge on any atom is 0.230 e. The van der Waals surface area contributed by atoms with Gasteiger partial charge in [0.15, 0.2) is 16.6 Å². The van der Waals surface area contributed by atoms with E-state index in [0.717, 1.165) is 106 Å². The molecule has 0 aromatic heterocycles. The summed E-state index contributed by atoms with van der Waals surface area (Å²) in [5, 5.41) is 38.1. The number of hydrogen-bond donors (Lipinski definition) is 6. The summed E-state index contributed by atoms with van der Waals surface area (Å²) in [6.45, 7) is 9.37. The van der Waals surface area contributed by atoms with Crippen LogP contribution in [0, 0.1) is 16.2 Å². The summed E-state index contributed by atoms with van der Waals surface area (Å²) < 4.78 is 22.5. The van der Waals surface area contributed by atoms with Crippen molar-refractivity contribution in [2.45, 2.75) is 25.5 Å². The number of morpholine rings is 2. The van der Waals surface area contributed by atoms with Crippen LogP contribution < -0.4 is 20.5 Å². The first-order valence-corrected chi connectivity index (χ1v) is 20.0. The van der Waals surface area contributed by atoms with E-state index in [1.165, 1.54) is 11.8 Å². The summed E-state index contributed by atoms with van der Waals surface area (Å²) >= 11 is 3.33. The lowest BCUT2D eigenvalue weighted by molar-refractivity contribution is -0.119. The van der Waals surface area contributed by atoms with Gasteiger partial charge in [0.05, 0.1) is 42.9 Å². The molecule has 2 aliphatic rings. The largest absolute Gasteiger partial charge is 0.492 e. The van der Waals surface area contributed by atoms with Crippen LogP contribution in [0.5, 0.6) is 11.5 Å². The van der Waals surface area contributed by atoms with Crippen LogP contribution in [0.25, 0.3) is 0 Å². The smallest absolute Gasteiger partial charge is 0.230 e. The third kappa shape index (κ3) is 17.1. The Morgan fingerprint density at radius 1 is 0.885 bits per heavy atom. The van der Waals surface area contributed by atoms with Gasteiger partial charge in [0, 0.05) is 57.9 Å². The first-order chi connectivity index (χ1) is 25.2. The highest BCUT2D eigenvalue weighted by atomic mass is 32.2. The zero-order chi connectivity index (χ0) is 37.0. The van der Waals surface area contributed by atoms with Crippen LogP contribution in [0.2, 0.25) is 0 Å². The number of nitrogens with one attached hydrogen (secondary N) is 4. The van der Waals surface area contributed by atoms with E-state index >= 15 is 0 Å². The summed E-state index contributed by atoms with van der Waals surface area (Å²) in [6.07, 6.45) is -0.291. The summed E-state index contributed by atoms with van der Waals surface area (Å²) in [4.78, 5) is 21.3. The van der Waals surface area contributed by atoms with Crippen molar-refractivity contribution < 1.29 is 28.8 Å². The van der Waals surface area contributed by atoms with Gasteiger partial charge in [0.2, 0.25) is 5.91 Å².